The van der Waals surface area contributed by atoms with Crippen LogP contribution < -0.4 is 11.1 Å². The largest absolute Gasteiger partial charge is 0.368 e. The average molecular weight is 262 g/mol. The van der Waals surface area contributed by atoms with Crippen LogP contribution in [0.15, 0.2) is 17.0 Å². The fourth-order valence-corrected chi connectivity index (χ4v) is 2.51. The van der Waals surface area contributed by atoms with Crippen LogP contribution in [-0.2, 0) is 6.54 Å². The number of rotatable bonds is 3. The molecular weight excluding hydrogens is 252 g/mol. The zero-order valence-electron chi connectivity index (χ0n) is 9.54. The SMILES string of the molecule is Cc1cc2c(NCc3ncon3)nc(N)nc2s1. The van der Waals surface area contributed by atoms with Gasteiger partial charge in [-0.2, -0.15) is 9.97 Å². The molecule has 0 atom stereocenters. The molecular formula is C10H10N6OS. The van der Waals surface area contributed by atoms with Crippen LogP contribution in [-0.4, -0.2) is 20.1 Å². The lowest BCUT2D eigenvalue weighted by atomic mass is 10.3. The van der Waals surface area contributed by atoms with Crippen LogP contribution in [0.25, 0.3) is 10.2 Å². The van der Waals surface area contributed by atoms with Gasteiger partial charge in [-0.05, 0) is 13.0 Å². The van der Waals surface area contributed by atoms with Gasteiger partial charge in [-0.25, -0.2) is 4.98 Å². The van der Waals surface area contributed by atoms with E-state index in [0.29, 0.717) is 18.2 Å². The number of aromatic nitrogens is 4. The molecule has 0 bridgehead atoms. The van der Waals surface area contributed by atoms with Crippen molar-refractivity contribution in [2.45, 2.75) is 13.5 Å². The number of nitrogens with one attached hydrogen (secondary N) is 1. The van der Waals surface area contributed by atoms with E-state index in [2.05, 4.69) is 29.9 Å². The average Bonchev–Trinajstić information content (AvgIpc) is 2.93. The number of hydrogen-bond donors (Lipinski definition) is 2. The molecule has 3 heterocycles. The van der Waals surface area contributed by atoms with E-state index < -0.39 is 0 Å². The van der Waals surface area contributed by atoms with Gasteiger partial charge in [0, 0.05) is 4.88 Å². The maximum atomic E-state index is 5.68. The topological polar surface area (TPSA) is 103 Å². The van der Waals surface area contributed by atoms with Crippen molar-refractivity contribution in [2.75, 3.05) is 11.1 Å². The van der Waals surface area contributed by atoms with E-state index in [1.165, 1.54) is 6.39 Å². The minimum absolute atomic E-state index is 0.250. The Balaban J connectivity index is 1.95. The summed E-state index contributed by atoms with van der Waals surface area (Å²) in [6, 6.07) is 2.03. The summed E-state index contributed by atoms with van der Waals surface area (Å²) in [5.74, 6) is 1.50. The van der Waals surface area contributed by atoms with E-state index in [1.54, 1.807) is 11.3 Å². The third kappa shape index (κ3) is 1.97. The van der Waals surface area contributed by atoms with E-state index in [1.807, 2.05) is 13.0 Å². The number of fused-ring (bicyclic) bond motifs is 1. The lowest BCUT2D eigenvalue weighted by Gasteiger charge is -2.04. The highest BCUT2D eigenvalue weighted by Gasteiger charge is 2.09. The summed E-state index contributed by atoms with van der Waals surface area (Å²) < 4.78 is 4.66. The first-order valence-corrected chi connectivity index (χ1v) is 6.07. The Kier molecular flexibility index (Phi) is 2.56. The third-order valence-electron chi connectivity index (χ3n) is 2.35. The summed E-state index contributed by atoms with van der Waals surface area (Å²) in [6.45, 7) is 2.45. The van der Waals surface area contributed by atoms with E-state index in [0.717, 1.165) is 15.1 Å². The monoisotopic (exact) mass is 262 g/mol. The molecule has 0 aliphatic carbocycles. The Morgan fingerprint density at radius 2 is 2.33 bits per heavy atom. The van der Waals surface area contributed by atoms with Gasteiger partial charge >= 0.3 is 0 Å². The summed E-state index contributed by atoms with van der Waals surface area (Å²) in [6.07, 6.45) is 1.29. The van der Waals surface area contributed by atoms with Gasteiger partial charge in [0.2, 0.25) is 12.3 Å². The third-order valence-corrected chi connectivity index (χ3v) is 3.30. The van der Waals surface area contributed by atoms with E-state index in [-0.39, 0.29) is 5.95 Å². The Hall–Kier alpha value is -2.22. The number of nitrogen functional groups attached to an aromatic ring is 1. The summed E-state index contributed by atoms with van der Waals surface area (Å²) in [7, 11) is 0. The molecule has 0 amide bonds. The van der Waals surface area contributed by atoms with Crippen LogP contribution in [0, 0.1) is 6.92 Å². The molecule has 0 saturated heterocycles. The Labute approximate surface area is 106 Å². The molecule has 8 heteroatoms. The number of nitrogens with zero attached hydrogens (tertiary/aromatic N) is 4. The van der Waals surface area contributed by atoms with Crippen molar-refractivity contribution in [3.05, 3.63) is 23.2 Å². The van der Waals surface area contributed by atoms with Crippen LogP contribution in [0.1, 0.15) is 10.7 Å². The Morgan fingerprint density at radius 3 is 3.11 bits per heavy atom. The summed E-state index contributed by atoms with van der Waals surface area (Å²) in [4.78, 5) is 14.3. The molecule has 3 aromatic heterocycles. The van der Waals surface area contributed by atoms with Crippen molar-refractivity contribution in [2.24, 2.45) is 0 Å². The summed E-state index contributed by atoms with van der Waals surface area (Å²) >= 11 is 1.58. The highest BCUT2D eigenvalue weighted by molar-refractivity contribution is 7.18. The Bertz CT molecular complexity index is 677. The highest BCUT2D eigenvalue weighted by atomic mass is 32.1. The normalized spacial score (nSPS) is 10.9. The lowest BCUT2D eigenvalue weighted by Crippen LogP contribution is -2.05. The van der Waals surface area contributed by atoms with Crippen molar-refractivity contribution in [3.8, 4) is 0 Å². The van der Waals surface area contributed by atoms with Crippen LogP contribution in [0.2, 0.25) is 0 Å². The molecule has 0 aliphatic heterocycles. The van der Waals surface area contributed by atoms with Crippen molar-refractivity contribution >= 4 is 33.3 Å². The van der Waals surface area contributed by atoms with E-state index >= 15 is 0 Å². The number of thiophene rings is 1. The van der Waals surface area contributed by atoms with E-state index in [4.69, 9.17) is 5.73 Å². The Morgan fingerprint density at radius 1 is 1.44 bits per heavy atom. The molecule has 3 rings (SSSR count). The number of hydrogen-bond acceptors (Lipinski definition) is 8. The molecule has 3 N–H and O–H groups in total. The molecule has 0 spiro atoms. The van der Waals surface area contributed by atoms with Gasteiger partial charge in [0.05, 0.1) is 11.9 Å². The van der Waals surface area contributed by atoms with Gasteiger partial charge < -0.3 is 15.6 Å². The van der Waals surface area contributed by atoms with Gasteiger partial charge in [-0.3, -0.25) is 0 Å². The molecule has 0 radical (unpaired) electrons. The molecule has 0 saturated carbocycles. The van der Waals surface area contributed by atoms with E-state index in [9.17, 15) is 0 Å². The lowest BCUT2D eigenvalue weighted by molar-refractivity contribution is 0.411. The molecule has 0 unspecified atom stereocenters. The van der Waals surface area contributed by atoms with Gasteiger partial charge in [-0.1, -0.05) is 5.16 Å². The minimum atomic E-state index is 0.250. The molecule has 7 nitrogen and oxygen atoms in total. The fraction of sp³-hybridized carbons (Fsp3) is 0.200. The standard InChI is InChI=1S/C10H10N6OS/c1-5-2-6-8(12-3-7-13-4-17-16-7)14-10(11)15-9(6)18-5/h2,4H,3H2,1H3,(H3,11,12,14,15). The van der Waals surface area contributed by atoms with Gasteiger partial charge in [0.15, 0.2) is 5.82 Å². The van der Waals surface area contributed by atoms with Gasteiger partial charge in [0.1, 0.15) is 10.6 Å². The van der Waals surface area contributed by atoms with Crippen molar-refractivity contribution in [1.82, 2.24) is 20.1 Å². The molecule has 0 aliphatic rings. The summed E-state index contributed by atoms with van der Waals surface area (Å²) in [5, 5.41) is 7.81. The first-order chi connectivity index (χ1) is 8.72. The number of aryl methyl sites for hydroxylation is 1. The molecule has 3 aromatic rings. The van der Waals surface area contributed by atoms with Crippen LogP contribution in [0.4, 0.5) is 11.8 Å². The minimum Gasteiger partial charge on any atom is -0.368 e. The van der Waals surface area contributed by atoms with Crippen molar-refractivity contribution < 1.29 is 4.52 Å². The molecule has 0 fully saturated rings. The molecule has 0 aromatic carbocycles. The van der Waals surface area contributed by atoms with Gasteiger partial charge in [-0.15, -0.1) is 11.3 Å². The predicted molar refractivity (Wildman–Crippen MR) is 68.2 cm³/mol. The number of nitrogens with two attached hydrogens (primary N) is 1. The first-order valence-electron chi connectivity index (χ1n) is 5.25. The summed E-state index contributed by atoms with van der Waals surface area (Å²) in [5.41, 5.74) is 5.68. The second-order valence-electron chi connectivity index (χ2n) is 3.71. The molecule has 92 valence electrons. The smallest absolute Gasteiger partial charge is 0.223 e. The second kappa shape index (κ2) is 4.22. The second-order valence-corrected chi connectivity index (χ2v) is 4.94. The van der Waals surface area contributed by atoms with Crippen LogP contribution in [0.3, 0.4) is 0 Å². The van der Waals surface area contributed by atoms with Crippen LogP contribution in [0.5, 0.6) is 0 Å². The van der Waals surface area contributed by atoms with Gasteiger partial charge in [0.25, 0.3) is 0 Å². The molecule has 18 heavy (non-hydrogen) atoms. The maximum Gasteiger partial charge on any atom is 0.223 e. The highest BCUT2D eigenvalue weighted by Crippen LogP contribution is 2.29. The maximum absolute atomic E-state index is 5.68. The predicted octanol–water partition coefficient (Wildman–Crippen LogP) is 1.58. The fourth-order valence-electron chi connectivity index (χ4n) is 1.63. The zero-order valence-corrected chi connectivity index (χ0v) is 10.4. The van der Waals surface area contributed by atoms with Crippen LogP contribution >= 0.6 is 11.3 Å². The quantitative estimate of drug-likeness (QED) is 0.738. The number of anilines is 2. The van der Waals surface area contributed by atoms with Crippen molar-refractivity contribution in [1.29, 1.82) is 0 Å². The first kappa shape index (κ1) is 10.9. The zero-order chi connectivity index (χ0) is 12.5. The van der Waals surface area contributed by atoms with Crippen molar-refractivity contribution in [3.63, 3.8) is 0 Å².